The van der Waals surface area contributed by atoms with Crippen molar-refractivity contribution in [2.24, 2.45) is 0 Å². The minimum atomic E-state index is -3.91. The maximum atomic E-state index is 13.2. The molecule has 2 aromatic carbocycles. The Labute approximate surface area is 164 Å². The molecule has 6 nitrogen and oxygen atoms in total. The van der Waals surface area contributed by atoms with E-state index in [1.807, 2.05) is 6.92 Å². The van der Waals surface area contributed by atoms with Gasteiger partial charge in [-0.1, -0.05) is 18.6 Å². The summed E-state index contributed by atoms with van der Waals surface area (Å²) in [7, 11) is -3.91. The second kappa shape index (κ2) is 8.70. The molecule has 1 atom stereocenters. The minimum Gasteiger partial charge on any atom is -0.492 e. The van der Waals surface area contributed by atoms with E-state index in [4.69, 9.17) is 4.74 Å². The van der Waals surface area contributed by atoms with Crippen LogP contribution in [0.3, 0.4) is 0 Å². The number of carbonyl (C=O) groups excluding carboxylic acids is 1. The summed E-state index contributed by atoms with van der Waals surface area (Å²) in [5, 5.41) is 2.80. The molecule has 0 bridgehead atoms. The summed E-state index contributed by atoms with van der Waals surface area (Å²) in [6.07, 6.45) is 1.84. The number of sulfonamides is 1. The van der Waals surface area contributed by atoms with E-state index in [-0.39, 0.29) is 11.4 Å². The fraction of sp³-hybridized carbons (Fsp3) is 0.350. The number of carbonyl (C=O) groups is 1. The molecule has 28 heavy (non-hydrogen) atoms. The Morgan fingerprint density at radius 1 is 1.18 bits per heavy atom. The SMILES string of the molecule is CCOc1ccccc1NC(=O)[C@H]1CCCCN1S(=O)(=O)c1ccc(F)cc1. The normalized spacial score (nSPS) is 17.9. The van der Waals surface area contributed by atoms with Crippen molar-refractivity contribution in [2.45, 2.75) is 37.1 Å². The van der Waals surface area contributed by atoms with Gasteiger partial charge in [-0.15, -0.1) is 0 Å². The number of nitrogens with one attached hydrogen (secondary N) is 1. The maximum Gasteiger partial charge on any atom is 0.243 e. The first-order valence-corrected chi connectivity index (χ1v) is 10.7. The number of piperidine rings is 1. The molecule has 1 heterocycles. The zero-order valence-corrected chi connectivity index (χ0v) is 16.4. The number of amides is 1. The summed E-state index contributed by atoms with van der Waals surface area (Å²) < 4.78 is 46.0. The Morgan fingerprint density at radius 3 is 2.61 bits per heavy atom. The molecular formula is C20H23FN2O4S. The molecule has 2 aromatic rings. The summed E-state index contributed by atoms with van der Waals surface area (Å²) in [5.41, 5.74) is 0.499. The van der Waals surface area contributed by atoms with Gasteiger partial charge in [0.25, 0.3) is 0 Å². The molecule has 1 amide bonds. The number of hydrogen-bond donors (Lipinski definition) is 1. The van der Waals surface area contributed by atoms with Crippen molar-refractivity contribution in [1.82, 2.24) is 4.31 Å². The standard InChI is InChI=1S/C20H23FN2O4S/c1-2-27-19-9-4-3-7-17(19)22-20(24)18-8-5-6-14-23(18)28(25,26)16-12-10-15(21)11-13-16/h3-4,7,9-13,18H,2,5-6,8,14H2,1H3,(H,22,24)/t18-/m1/s1. The second-order valence-electron chi connectivity index (χ2n) is 6.50. The van der Waals surface area contributed by atoms with Gasteiger partial charge in [-0.25, -0.2) is 12.8 Å². The number of rotatable bonds is 6. The molecule has 1 fully saturated rings. The van der Waals surface area contributed by atoms with Gasteiger partial charge in [-0.05, 0) is 56.2 Å². The number of para-hydroxylation sites is 2. The van der Waals surface area contributed by atoms with Crippen molar-refractivity contribution in [3.8, 4) is 5.75 Å². The van der Waals surface area contributed by atoms with E-state index >= 15 is 0 Å². The van der Waals surface area contributed by atoms with Crippen LogP contribution in [0.25, 0.3) is 0 Å². The number of benzene rings is 2. The average molecular weight is 406 g/mol. The fourth-order valence-corrected chi connectivity index (χ4v) is 4.92. The highest BCUT2D eigenvalue weighted by molar-refractivity contribution is 7.89. The van der Waals surface area contributed by atoms with Crippen LogP contribution in [0.1, 0.15) is 26.2 Å². The lowest BCUT2D eigenvalue weighted by atomic mass is 10.0. The molecule has 0 aromatic heterocycles. The molecular weight excluding hydrogens is 383 g/mol. The van der Waals surface area contributed by atoms with E-state index < -0.39 is 27.8 Å². The van der Waals surface area contributed by atoms with Crippen LogP contribution >= 0.6 is 0 Å². The highest BCUT2D eigenvalue weighted by Crippen LogP contribution is 2.28. The Morgan fingerprint density at radius 2 is 1.89 bits per heavy atom. The lowest BCUT2D eigenvalue weighted by Crippen LogP contribution is -2.49. The van der Waals surface area contributed by atoms with E-state index in [9.17, 15) is 17.6 Å². The number of ether oxygens (including phenoxy) is 1. The van der Waals surface area contributed by atoms with Gasteiger partial charge in [0.1, 0.15) is 17.6 Å². The molecule has 0 unspecified atom stereocenters. The molecule has 0 spiro atoms. The minimum absolute atomic E-state index is 0.0247. The third-order valence-corrected chi connectivity index (χ3v) is 6.54. The molecule has 1 aliphatic rings. The smallest absolute Gasteiger partial charge is 0.243 e. The van der Waals surface area contributed by atoms with Gasteiger partial charge in [0.05, 0.1) is 17.2 Å². The molecule has 0 saturated carbocycles. The van der Waals surface area contributed by atoms with E-state index in [1.54, 1.807) is 24.3 Å². The van der Waals surface area contributed by atoms with E-state index in [0.717, 1.165) is 18.6 Å². The van der Waals surface area contributed by atoms with Crippen molar-refractivity contribution in [2.75, 3.05) is 18.5 Å². The number of anilines is 1. The third kappa shape index (κ3) is 4.34. The predicted molar refractivity (Wildman–Crippen MR) is 104 cm³/mol. The molecule has 150 valence electrons. The van der Waals surface area contributed by atoms with E-state index in [1.165, 1.54) is 16.4 Å². The van der Waals surface area contributed by atoms with Crippen LogP contribution in [-0.2, 0) is 14.8 Å². The third-order valence-electron chi connectivity index (χ3n) is 4.62. The van der Waals surface area contributed by atoms with Crippen molar-refractivity contribution >= 4 is 21.6 Å². The van der Waals surface area contributed by atoms with Gasteiger partial charge in [0.15, 0.2) is 0 Å². The summed E-state index contributed by atoms with van der Waals surface area (Å²) in [5.74, 6) is -0.390. The van der Waals surface area contributed by atoms with Crippen LogP contribution in [0.5, 0.6) is 5.75 Å². The van der Waals surface area contributed by atoms with Crippen LogP contribution in [0.15, 0.2) is 53.4 Å². The first-order chi connectivity index (χ1) is 13.4. The van der Waals surface area contributed by atoms with E-state index in [2.05, 4.69) is 5.32 Å². The molecule has 0 radical (unpaired) electrons. The molecule has 1 aliphatic heterocycles. The summed E-state index contributed by atoms with van der Waals surface area (Å²) >= 11 is 0. The molecule has 0 aliphatic carbocycles. The monoisotopic (exact) mass is 406 g/mol. The highest BCUT2D eigenvalue weighted by atomic mass is 32.2. The summed E-state index contributed by atoms with van der Waals surface area (Å²) in [6, 6.07) is 10.8. The summed E-state index contributed by atoms with van der Waals surface area (Å²) in [4.78, 5) is 12.9. The van der Waals surface area contributed by atoms with Crippen molar-refractivity contribution in [3.05, 3.63) is 54.3 Å². The van der Waals surface area contributed by atoms with Gasteiger partial charge in [-0.3, -0.25) is 4.79 Å². The van der Waals surface area contributed by atoms with Crippen molar-refractivity contribution < 1.29 is 22.3 Å². The zero-order chi connectivity index (χ0) is 20.1. The Bertz CT molecular complexity index is 931. The second-order valence-corrected chi connectivity index (χ2v) is 8.39. The van der Waals surface area contributed by atoms with Gasteiger partial charge in [0.2, 0.25) is 15.9 Å². The largest absolute Gasteiger partial charge is 0.492 e. The topological polar surface area (TPSA) is 75.7 Å². The molecule has 1 saturated heterocycles. The number of halogens is 1. The Hall–Kier alpha value is -2.45. The van der Waals surface area contributed by atoms with Gasteiger partial charge >= 0.3 is 0 Å². The summed E-state index contributed by atoms with van der Waals surface area (Å²) in [6.45, 7) is 2.53. The number of nitrogens with zero attached hydrogens (tertiary/aromatic N) is 1. The van der Waals surface area contributed by atoms with Gasteiger partial charge in [0, 0.05) is 6.54 Å². The fourth-order valence-electron chi connectivity index (χ4n) is 3.26. The van der Waals surface area contributed by atoms with E-state index in [0.29, 0.717) is 30.9 Å². The van der Waals surface area contributed by atoms with Crippen LogP contribution in [-0.4, -0.2) is 37.8 Å². The quantitative estimate of drug-likeness (QED) is 0.798. The maximum absolute atomic E-state index is 13.2. The van der Waals surface area contributed by atoms with Crippen LogP contribution in [0.4, 0.5) is 10.1 Å². The predicted octanol–water partition coefficient (Wildman–Crippen LogP) is 3.41. The van der Waals surface area contributed by atoms with Crippen LogP contribution in [0.2, 0.25) is 0 Å². The van der Waals surface area contributed by atoms with Gasteiger partial charge < -0.3 is 10.1 Å². The first-order valence-electron chi connectivity index (χ1n) is 9.23. The molecule has 3 rings (SSSR count). The highest BCUT2D eigenvalue weighted by Gasteiger charge is 2.37. The zero-order valence-electron chi connectivity index (χ0n) is 15.6. The number of hydrogen-bond acceptors (Lipinski definition) is 4. The lowest BCUT2D eigenvalue weighted by Gasteiger charge is -2.33. The first kappa shape index (κ1) is 20.3. The molecule has 1 N–H and O–H groups in total. The Balaban J connectivity index is 1.85. The van der Waals surface area contributed by atoms with Crippen molar-refractivity contribution in [1.29, 1.82) is 0 Å². The average Bonchev–Trinajstić information content (AvgIpc) is 2.70. The lowest BCUT2D eigenvalue weighted by molar-refractivity contribution is -0.120. The van der Waals surface area contributed by atoms with Crippen LogP contribution < -0.4 is 10.1 Å². The molecule has 8 heteroatoms. The van der Waals surface area contributed by atoms with Gasteiger partial charge in [-0.2, -0.15) is 4.31 Å². The Kier molecular flexibility index (Phi) is 6.31. The van der Waals surface area contributed by atoms with Crippen molar-refractivity contribution in [3.63, 3.8) is 0 Å². The van der Waals surface area contributed by atoms with Crippen LogP contribution in [0, 0.1) is 5.82 Å².